The Balaban J connectivity index is 2.26. The highest BCUT2D eigenvalue weighted by atomic mass is 16.7. The van der Waals surface area contributed by atoms with Gasteiger partial charge in [-0.2, -0.15) is 0 Å². The van der Waals surface area contributed by atoms with E-state index in [4.69, 9.17) is 5.73 Å². The van der Waals surface area contributed by atoms with Gasteiger partial charge >= 0.3 is 0 Å². The summed E-state index contributed by atoms with van der Waals surface area (Å²) >= 11 is 0. The molecule has 6 nitrogen and oxygen atoms in total. The average Bonchev–Trinajstić information content (AvgIpc) is 2.52. The molecule has 1 fully saturated rings. The van der Waals surface area contributed by atoms with E-state index in [2.05, 4.69) is 15.6 Å². The van der Waals surface area contributed by atoms with Crippen molar-refractivity contribution >= 4 is 11.8 Å². The monoisotopic (exact) mass is 215 g/mol. The molecule has 86 valence electrons. The summed E-state index contributed by atoms with van der Waals surface area (Å²) in [6, 6.07) is -0.716. The van der Waals surface area contributed by atoms with E-state index in [0.29, 0.717) is 0 Å². The summed E-state index contributed by atoms with van der Waals surface area (Å²) in [6.07, 6.45) is 2.00. The first kappa shape index (κ1) is 11.9. The van der Waals surface area contributed by atoms with E-state index in [0.717, 1.165) is 12.8 Å². The first-order valence-electron chi connectivity index (χ1n) is 5.10. The van der Waals surface area contributed by atoms with Crippen LogP contribution in [0.2, 0.25) is 0 Å². The number of amides is 2. The second-order valence-corrected chi connectivity index (χ2v) is 3.65. The molecule has 0 radical (unpaired) electrons. The van der Waals surface area contributed by atoms with Crippen molar-refractivity contribution in [2.24, 2.45) is 5.73 Å². The SMILES string of the molecule is CCCC(N)CC(=O)N[C@@H]1CONC1=O. The molecule has 0 bridgehead atoms. The molecule has 1 saturated heterocycles. The summed E-state index contributed by atoms with van der Waals surface area (Å²) in [7, 11) is 0. The molecule has 1 aliphatic rings. The third kappa shape index (κ3) is 3.85. The summed E-state index contributed by atoms with van der Waals surface area (Å²) in [6.45, 7) is 2.18. The van der Waals surface area contributed by atoms with Crippen LogP contribution in [0.1, 0.15) is 26.2 Å². The molecule has 0 saturated carbocycles. The van der Waals surface area contributed by atoms with Gasteiger partial charge in [0.25, 0.3) is 5.91 Å². The lowest BCUT2D eigenvalue weighted by Crippen LogP contribution is -2.43. The van der Waals surface area contributed by atoms with Crippen LogP contribution in [0.3, 0.4) is 0 Å². The highest BCUT2D eigenvalue weighted by molar-refractivity contribution is 5.88. The van der Waals surface area contributed by atoms with E-state index in [1.807, 2.05) is 6.92 Å². The lowest BCUT2D eigenvalue weighted by molar-refractivity contribution is -0.128. The first-order chi connectivity index (χ1) is 7.13. The van der Waals surface area contributed by atoms with E-state index < -0.39 is 6.04 Å². The molecule has 1 heterocycles. The van der Waals surface area contributed by atoms with E-state index in [9.17, 15) is 9.59 Å². The van der Waals surface area contributed by atoms with Gasteiger partial charge in [0.15, 0.2) is 0 Å². The minimum Gasteiger partial charge on any atom is -0.342 e. The van der Waals surface area contributed by atoms with Gasteiger partial charge in [-0.3, -0.25) is 14.4 Å². The van der Waals surface area contributed by atoms with Gasteiger partial charge in [-0.15, -0.1) is 0 Å². The standard InChI is InChI=1S/C9H17N3O3/c1-2-3-6(10)4-8(13)11-7-5-15-12-9(7)14/h6-7H,2-5,10H2,1H3,(H,11,13)(H,12,14)/t6?,7-/m1/s1. The van der Waals surface area contributed by atoms with Crippen molar-refractivity contribution in [1.29, 1.82) is 0 Å². The van der Waals surface area contributed by atoms with Crippen LogP contribution in [-0.4, -0.2) is 30.5 Å². The zero-order chi connectivity index (χ0) is 11.3. The molecule has 1 unspecified atom stereocenters. The molecule has 0 aliphatic carbocycles. The maximum absolute atomic E-state index is 11.4. The Labute approximate surface area is 88.5 Å². The summed E-state index contributed by atoms with van der Waals surface area (Å²) in [5.74, 6) is -0.519. The number of nitrogens with one attached hydrogen (secondary N) is 2. The smallest absolute Gasteiger partial charge is 0.268 e. The molecule has 1 aliphatic heterocycles. The molecular weight excluding hydrogens is 198 g/mol. The summed E-state index contributed by atoms with van der Waals surface area (Å²) in [5.41, 5.74) is 7.87. The minimum absolute atomic E-state index is 0.139. The number of carbonyl (C=O) groups is 2. The minimum atomic E-state index is -0.577. The number of carbonyl (C=O) groups excluding carboxylic acids is 2. The summed E-state index contributed by atoms with van der Waals surface area (Å²) in [5, 5.41) is 2.56. The first-order valence-corrected chi connectivity index (χ1v) is 5.10. The average molecular weight is 215 g/mol. The van der Waals surface area contributed by atoms with Gasteiger partial charge in [0.1, 0.15) is 12.6 Å². The van der Waals surface area contributed by atoms with Crippen LogP contribution in [0.15, 0.2) is 0 Å². The highest BCUT2D eigenvalue weighted by Gasteiger charge is 2.27. The topological polar surface area (TPSA) is 93.5 Å². The zero-order valence-electron chi connectivity index (χ0n) is 8.79. The highest BCUT2D eigenvalue weighted by Crippen LogP contribution is 2.00. The maximum atomic E-state index is 11.4. The van der Waals surface area contributed by atoms with E-state index in [1.165, 1.54) is 0 Å². The van der Waals surface area contributed by atoms with Gasteiger partial charge in [0, 0.05) is 12.5 Å². The van der Waals surface area contributed by atoms with Crippen LogP contribution in [0.4, 0.5) is 0 Å². The van der Waals surface area contributed by atoms with E-state index in [1.54, 1.807) is 0 Å². The molecule has 15 heavy (non-hydrogen) atoms. The van der Waals surface area contributed by atoms with Crippen LogP contribution in [0.5, 0.6) is 0 Å². The van der Waals surface area contributed by atoms with Crippen LogP contribution in [0, 0.1) is 0 Å². The molecule has 0 aromatic carbocycles. The largest absolute Gasteiger partial charge is 0.342 e. The molecule has 0 aromatic rings. The molecule has 4 N–H and O–H groups in total. The second-order valence-electron chi connectivity index (χ2n) is 3.65. The maximum Gasteiger partial charge on any atom is 0.268 e. The molecule has 2 atom stereocenters. The van der Waals surface area contributed by atoms with Gasteiger partial charge in [-0.05, 0) is 6.42 Å². The predicted molar refractivity (Wildman–Crippen MR) is 53.5 cm³/mol. The zero-order valence-corrected chi connectivity index (χ0v) is 8.79. The van der Waals surface area contributed by atoms with Crippen molar-refractivity contribution in [3.8, 4) is 0 Å². The Hall–Kier alpha value is -1.14. The summed E-state index contributed by atoms with van der Waals surface area (Å²) in [4.78, 5) is 27.1. The Morgan fingerprint density at radius 2 is 2.53 bits per heavy atom. The fraction of sp³-hybridized carbons (Fsp3) is 0.778. The fourth-order valence-corrected chi connectivity index (χ4v) is 1.41. The molecule has 2 amide bonds. The fourth-order valence-electron chi connectivity index (χ4n) is 1.41. The number of hydrogen-bond donors (Lipinski definition) is 3. The van der Waals surface area contributed by atoms with Crippen LogP contribution in [-0.2, 0) is 14.4 Å². The van der Waals surface area contributed by atoms with Gasteiger partial charge in [0.2, 0.25) is 5.91 Å². The Morgan fingerprint density at radius 1 is 1.80 bits per heavy atom. The van der Waals surface area contributed by atoms with Gasteiger partial charge in [-0.25, -0.2) is 5.48 Å². The lowest BCUT2D eigenvalue weighted by Gasteiger charge is -2.12. The second kappa shape index (κ2) is 5.67. The van der Waals surface area contributed by atoms with Crippen molar-refractivity contribution in [2.45, 2.75) is 38.3 Å². The quantitative estimate of drug-likeness (QED) is 0.551. The Kier molecular flexibility index (Phi) is 4.51. The third-order valence-corrected chi connectivity index (χ3v) is 2.18. The number of hydrogen-bond acceptors (Lipinski definition) is 4. The Morgan fingerprint density at radius 3 is 3.07 bits per heavy atom. The van der Waals surface area contributed by atoms with Crippen LogP contribution in [0.25, 0.3) is 0 Å². The molecule has 1 rings (SSSR count). The van der Waals surface area contributed by atoms with Crippen molar-refractivity contribution in [1.82, 2.24) is 10.8 Å². The Bertz CT molecular complexity index is 245. The van der Waals surface area contributed by atoms with Crippen LogP contribution < -0.4 is 16.5 Å². The van der Waals surface area contributed by atoms with Crippen LogP contribution >= 0.6 is 0 Å². The predicted octanol–water partition coefficient (Wildman–Crippen LogP) is -0.950. The molecule has 0 aromatic heterocycles. The molecular formula is C9H17N3O3. The van der Waals surface area contributed by atoms with Gasteiger partial charge < -0.3 is 11.1 Å². The van der Waals surface area contributed by atoms with Gasteiger partial charge in [-0.1, -0.05) is 13.3 Å². The normalized spacial score (nSPS) is 22.3. The van der Waals surface area contributed by atoms with Crippen molar-refractivity contribution in [2.75, 3.05) is 6.61 Å². The van der Waals surface area contributed by atoms with E-state index >= 15 is 0 Å². The van der Waals surface area contributed by atoms with Crippen molar-refractivity contribution in [3.05, 3.63) is 0 Å². The lowest BCUT2D eigenvalue weighted by atomic mass is 10.1. The molecule has 0 spiro atoms. The van der Waals surface area contributed by atoms with Crippen molar-refractivity contribution in [3.63, 3.8) is 0 Å². The van der Waals surface area contributed by atoms with Gasteiger partial charge in [0.05, 0.1) is 0 Å². The number of nitrogens with two attached hydrogens (primary N) is 1. The summed E-state index contributed by atoms with van der Waals surface area (Å²) < 4.78 is 0. The molecule has 6 heteroatoms. The third-order valence-electron chi connectivity index (χ3n) is 2.18. The number of rotatable bonds is 5. The van der Waals surface area contributed by atoms with E-state index in [-0.39, 0.29) is 30.9 Å². The van der Waals surface area contributed by atoms with Crippen molar-refractivity contribution < 1.29 is 14.4 Å². The number of hydroxylamine groups is 1.